The maximum Gasteiger partial charge on any atom is 0.339 e. The maximum atomic E-state index is 11.7. The second-order valence-electron chi connectivity index (χ2n) is 3.25. The third-order valence-electron chi connectivity index (χ3n) is 2.05. The molecule has 0 spiro atoms. The molecule has 6 heteroatoms. The van der Waals surface area contributed by atoms with Crippen LogP contribution in [0.15, 0.2) is 16.6 Å². The van der Waals surface area contributed by atoms with Gasteiger partial charge in [-0.2, -0.15) is 0 Å². The summed E-state index contributed by atoms with van der Waals surface area (Å²) in [5.74, 6) is -0.911. The molecule has 0 radical (unpaired) electrons. The Balaban J connectivity index is 3.17. The monoisotopic (exact) mass is 426 g/mol. The molecule has 0 saturated carbocycles. The summed E-state index contributed by atoms with van der Waals surface area (Å²) in [6.45, 7) is 4.03. The van der Waals surface area contributed by atoms with Crippen molar-refractivity contribution in [2.75, 3.05) is 13.2 Å². The summed E-state index contributed by atoms with van der Waals surface area (Å²) in [7, 11) is 0. The van der Waals surface area contributed by atoms with E-state index < -0.39 is 11.9 Å². The van der Waals surface area contributed by atoms with Gasteiger partial charge in [0.25, 0.3) is 0 Å². The normalized spacial score (nSPS) is 10.0. The first-order valence-electron chi connectivity index (χ1n) is 5.34. The summed E-state index contributed by atoms with van der Waals surface area (Å²) in [5.41, 5.74) is 0.684. The van der Waals surface area contributed by atoms with Gasteiger partial charge in [-0.05, 0) is 64.5 Å². The Bertz CT molecular complexity index is 434. The Morgan fingerprint density at radius 3 is 2.11 bits per heavy atom. The molecule has 0 fully saturated rings. The minimum Gasteiger partial charge on any atom is -0.462 e. The van der Waals surface area contributed by atoms with Crippen LogP contribution in [0.3, 0.4) is 0 Å². The lowest BCUT2D eigenvalue weighted by atomic mass is 10.1. The molecule has 98 valence electrons. The van der Waals surface area contributed by atoms with Crippen LogP contribution in [0.25, 0.3) is 0 Å². The lowest BCUT2D eigenvalue weighted by Gasteiger charge is -2.09. The average Bonchev–Trinajstić information content (AvgIpc) is 2.29. The molecule has 0 aromatic heterocycles. The number of benzene rings is 1. The minimum atomic E-state index is -0.466. The molecule has 4 nitrogen and oxygen atoms in total. The Morgan fingerprint density at radius 2 is 1.61 bits per heavy atom. The number of carbonyl (C=O) groups is 2. The van der Waals surface area contributed by atoms with Crippen molar-refractivity contribution < 1.29 is 19.1 Å². The molecule has 0 amide bonds. The van der Waals surface area contributed by atoms with Crippen LogP contribution in [0.5, 0.6) is 0 Å². The summed E-state index contributed by atoms with van der Waals surface area (Å²) in [6.07, 6.45) is 0. The molecule has 0 heterocycles. The van der Waals surface area contributed by atoms with E-state index in [0.29, 0.717) is 25.8 Å². The summed E-state index contributed by atoms with van der Waals surface area (Å²) in [4.78, 5) is 23.4. The maximum absolute atomic E-state index is 11.7. The molecule has 0 aliphatic carbocycles. The van der Waals surface area contributed by atoms with Crippen LogP contribution >= 0.6 is 38.5 Å². The molecule has 18 heavy (non-hydrogen) atoms. The lowest BCUT2D eigenvalue weighted by Crippen LogP contribution is -2.11. The quantitative estimate of drug-likeness (QED) is 0.546. The first-order valence-corrected chi connectivity index (χ1v) is 7.21. The molecule has 0 unspecified atom stereocenters. The Morgan fingerprint density at radius 1 is 1.11 bits per heavy atom. The Hall–Kier alpha value is -0.630. The highest BCUT2D eigenvalue weighted by molar-refractivity contribution is 14.1. The molecule has 0 saturated heterocycles. The van der Waals surface area contributed by atoms with Gasteiger partial charge in [0.05, 0.1) is 24.3 Å². The average molecular weight is 427 g/mol. The van der Waals surface area contributed by atoms with Crippen molar-refractivity contribution >= 4 is 50.5 Å². The van der Waals surface area contributed by atoms with Crippen LogP contribution in [-0.2, 0) is 9.47 Å². The zero-order valence-corrected chi connectivity index (χ0v) is 13.7. The molecule has 0 bridgehead atoms. The summed E-state index contributed by atoms with van der Waals surface area (Å²) >= 11 is 5.30. The summed E-state index contributed by atoms with van der Waals surface area (Å²) in [5, 5.41) is 0. The largest absolute Gasteiger partial charge is 0.462 e. The van der Waals surface area contributed by atoms with E-state index >= 15 is 0 Å². The molecule has 0 aliphatic rings. The number of ether oxygens (including phenoxy) is 2. The van der Waals surface area contributed by atoms with Gasteiger partial charge in [0.1, 0.15) is 0 Å². The van der Waals surface area contributed by atoms with Crippen molar-refractivity contribution in [1.82, 2.24) is 0 Å². The van der Waals surface area contributed by atoms with E-state index in [1.165, 1.54) is 6.07 Å². The number of hydrogen-bond donors (Lipinski definition) is 0. The number of rotatable bonds is 4. The fourth-order valence-corrected chi connectivity index (χ4v) is 2.90. The van der Waals surface area contributed by atoms with Gasteiger partial charge in [-0.25, -0.2) is 9.59 Å². The van der Waals surface area contributed by atoms with Crippen LogP contribution in [0, 0.1) is 3.57 Å². The van der Waals surface area contributed by atoms with Crippen molar-refractivity contribution in [1.29, 1.82) is 0 Å². The van der Waals surface area contributed by atoms with Crippen LogP contribution in [0.4, 0.5) is 0 Å². The molecule has 0 N–H and O–H groups in total. The van der Waals surface area contributed by atoms with E-state index in [0.717, 1.165) is 0 Å². The molecule has 1 aromatic carbocycles. The Kier molecular flexibility index (Phi) is 6.07. The molecular weight excluding hydrogens is 415 g/mol. The van der Waals surface area contributed by atoms with Crippen molar-refractivity contribution in [2.45, 2.75) is 13.8 Å². The SMILES string of the molecule is CCOC(=O)c1cc(C(=O)OCC)c(I)cc1Br. The van der Waals surface area contributed by atoms with Crippen LogP contribution < -0.4 is 0 Å². The van der Waals surface area contributed by atoms with Crippen molar-refractivity contribution in [3.8, 4) is 0 Å². The second-order valence-corrected chi connectivity index (χ2v) is 5.27. The minimum absolute atomic E-state index is 0.284. The van der Waals surface area contributed by atoms with Gasteiger partial charge in [0.2, 0.25) is 0 Å². The van der Waals surface area contributed by atoms with Crippen molar-refractivity contribution in [3.05, 3.63) is 31.3 Å². The van der Waals surface area contributed by atoms with Crippen LogP contribution in [0.1, 0.15) is 34.6 Å². The fraction of sp³-hybridized carbons (Fsp3) is 0.333. The van der Waals surface area contributed by atoms with E-state index in [-0.39, 0.29) is 6.61 Å². The van der Waals surface area contributed by atoms with Gasteiger partial charge in [0, 0.05) is 8.04 Å². The molecule has 0 atom stereocenters. The van der Waals surface area contributed by atoms with Gasteiger partial charge in [-0.15, -0.1) is 0 Å². The first kappa shape index (κ1) is 15.4. The third-order valence-corrected chi connectivity index (χ3v) is 3.60. The Labute approximate surface area is 127 Å². The van der Waals surface area contributed by atoms with Gasteiger partial charge < -0.3 is 9.47 Å². The predicted molar refractivity (Wildman–Crippen MR) is 78.8 cm³/mol. The van der Waals surface area contributed by atoms with Crippen molar-refractivity contribution in [2.24, 2.45) is 0 Å². The molecular formula is C12H12BrIO4. The molecule has 0 aliphatic heterocycles. The first-order chi connectivity index (χ1) is 8.51. The van der Waals surface area contributed by atoms with Gasteiger partial charge in [-0.1, -0.05) is 0 Å². The number of hydrogen-bond acceptors (Lipinski definition) is 4. The van der Waals surface area contributed by atoms with E-state index in [9.17, 15) is 9.59 Å². The van der Waals surface area contributed by atoms with E-state index in [4.69, 9.17) is 9.47 Å². The topological polar surface area (TPSA) is 52.6 Å². The lowest BCUT2D eigenvalue weighted by molar-refractivity contribution is 0.0524. The van der Waals surface area contributed by atoms with Crippen molar-refractivity contribution in [3.63, 3.8) is 0 Å². The third kappa shape index (κ3) is 3.68. The highest BCUT2D eigenvalue weighted by atomic mass is 127. The highest BCUT2D eigenvalue weighted by Crippen LogP contribution is 2.25. The van der Waals surface area contributed by atoms with Gasteiger partial charge in [-0.3, -0.25) is 0 Å². The smallest absolute Gasteiger partial charge is 0.339 e. The second kappa shape index (κ2) is 7.08. The summed E-state index contributed by atoms with van der Waals surface area (Å²) < 4.78 is 11.2. The van der Waals surface area contributed by atoms with E-state index in [1.807, 2.05) is 22.6 Å². The van der Waals surface area contributed by atoms with Crippen LogP contribution in [-0.4, -0.2) is 25.2 Å². The number of halogens is 2. The van der Waals surface area contributed by atoms with E-state index in [2.05, 4.69) is 15.9 Å². The van der Waals surface area contributed by atoms with Gasteiger partial charge >= 0.3 is 11.9 Å². The zero-order chi connectivity index (χ0) is 13.7. The number of esters is 2. The van der Waals surface area contributed by atoms with Crippen LogP contribution in [0.2, 0.25) is 0 Å². The standard InChI is InChI=1S/C12H12BrIO4/c1-3-17-11(15)7-5-8(12(16)18-4-2)10(14)6-9(7)13/h5-6H,3-4H2,1-2H3. The zero-order valence-electron chi connectivity index (χ0n) is 9.96. The van der Waals surface area contributed by atoms with Gasteiger partial charge in [0.15, 0.2) is 0 Å². The predicted octanol–water partition coefficient (Wildman–Crippen LogP) is 3.41. The highest BCUT2D eigenvalue weighted by Gasteiger charge is 2.18. The number of carbonyl (C=O) groups excluding carboxylic acids is 2. The molecule has 1 aromatic rings. The summed E-state index contributed by atoms with van der Waals surface area (Å²) in [6, 6.07) is 3.18. The van der Waals surface area contributed by atoms with E-state index in [1.54, 1.807) is 19.9 Å². The fourth-order valence-electron chi connectivity index (χ4n) is 1.28. The molecule has 1 rings (SSSR count).